The molecule has 0 radical (unpaired) electrons. The first kappa shape index (κ1) is 19.0. The summed E-state index contributed by atoms with van der Waals surface area (Å²) in [6.45, 7) is 0.328. The maximum atomic E-state index is 12.2. The first-order valence-electron chi connectivity index (χ1n) is 8.04. The van der Waals surface area contributed by atoms with Crippen LogP contribution in [-0.4, -0.2) is 33.7 Å². The second-order valence-corrected chi connectivity index (χ2v) is 8.78. The quantitative estimate of drug-likeness (QED) is 0.696. The van der Waals surface area contributed by atoms with Gasteiger partial charge in [0.15, 0.2) is 0 Å². The van der Waals surface area contributed by atoms with Crippen LogP contribution in [0.2, 0.25) is 0 Å². The number of halogens is 1. The summed E-state index contributed by atoms with van der Waals surface area (Å²) in [5.41, 5.74) is 1.85. The van der Waals surface area contributed by atoms with Crippen LogP contribution in [0.5, 0.6) is 0 Å². The second kappa shape index (κ2) is 8.67. The van der Waals surface area contributed by atoms with Crippen molar-refractivity contribution in [3.05, 3.63) is 40.4 Å². The van der Waals surface area contributed by atoms with E-state index < -0.39 is 10.0 Å². The standard InChI is InChI=1S/C17H23BrN2O3S/c1-24(22,23)20(16-9-5-8-15(18)12-16)13-17(21)19-11-10-14-6-3-2-4-7-14/h5-6,8-9,12H,2-4,7,10-11,13H2,1H3,(H,19,21). The van der Waals surface area contributed by atoms with E-state index in [9.17, 15) is 13.2 Å². The van der Waals surface area contributed by atoms with Crippen LogP contribution in [0.15, 0.2) is 40.4 Å². The molecule has 2 rings (SSSR count). The Morgan fingerprint density at radius 1 is 1.33 bits per heavy atom. The van der Waals surface area contributed by atoms with Crippen LogP contribution >= 0.6 is 15.9 Å². The molecular weight excluding hydrogens is 392 g/mol. The zero-order valence-corrected chi connectivity index (χ0v) is 16.2. The van der Waals surface area contributed by atoms with Crippen LogP contribution in [0.4, 0.5) is 5.69 Å². The molecule has 0 saturated carbocycles. The molecular formula is C17H23BrN2O3S. The number of amides is 1. The topological polar surface area (TPSA) is 66.5 Å². The zero-order valence-electron chi connectivity index (χ0n) is 13.8. The average Bonchev–Trinajstić information content (AvgIpc) is 2.52. The highest BCUT2D eigenvalue weighted by Crippen LogP contribution is 2.22. The van der Waals surface area contributed by atoms with Gasteiger partial charge in [0.2, 0.25) is 15.9 Å². The number of allylic oxidation sites excluding steroid dienone is 1. The minimum Gasteiger partial charge on any atom is -0.354 e. The smallest absolute Gasteiger partial charge is 0.240 e. The van der Waals surface area contributed by atoms with Gasteiger partial charge in [0, 0.05) is 11.0 Å². The summed E-state index contributed by atoms with van der Waals surface area (Å²) < 4.78 is 25.9. The molecule has 7 heteroatoms. The largest absolute Gasteiger partial charge is 0.354 e. The number of sulfonamides is 1. The van der Waals surface area contributed by atoms with Crippen molar-refractivity contribution in [2.75, 3.05) is 23.7 Å². The molecule has 5 nitrogen and oxygen atoms in total. The van der Waals surface area contributed by atoms with E-state index in [1.54, 1.807) is 18.2 Å². The molecule has 132 valence electrons. The van der Waals surface area contributed by atoms with Crippen molar-refractivity contribution in [2.24, 2.45) is 0 Å². The average molecular weight is 415 g/mol. The molecule has 0 saturated heterocycles. The lowest BCUT2D eigenvalue weighted by atomic mass is 9.97. The molecule has 1 aromatic carbocycles. The highest BCUT2D eigenvalue weighted by molar-refractivity contribution is 9.10. The van der Waals surface area contributed by atoms with Gasteiger partial charge < -0.3 is 5.32 Å². The molecule has 0 heterocycles. The lowest BCUT2D eigenvalue weighted by Crippen LogP contribution is -2.40. The van der Waals surface area contributed by atoms with Crippen LogP contribution in [0.3, 0.4) is 0 Å². The van der Waals surface area contributed by atoms with Gasteiger partial charge in [0.25, 0.3) is 0 Å². The molecule has 0 atom stereocenters. The fourth-order valence-corrected chi connectivity index (χ4v) is 3.95. The van der Waals surface area contributed by atoms with Crippen molar-refractivity contribution < 1.29 is 13.2 Å². The minimum atomic E-state index is -3.54. The number of rotatable bonds is 7. The summed E-state index contributed by atoms with van der Waals surface area (Å²) in [6.07, 6.45) is 8.86. The number of hydrogen-bond acceptors (Lipinski definition) is 3. The Balaban J connectivity index is 1.94. The molecule has 1 aliphatic rings. The minimum absolute atomic E-state index is 0.214. The van der Waals surface area contributed by atoms with Gasteiger partial charge in [0.1, 0.15) is 6.54 Å². The maximum Gasteiger partial charge on any atom is 0.240 e. The molecule has 0 aliphatic heterocycles. The van der Waals surface area contributed by atoms with Gasteiger partial charge in [-0.15, -0.1) is 0 Å². The molecule has 0 aromatic heterocycles. The Labute approximate surface area is 152 Å². The van der Waals surface area contributed by atoms with E-state index in [-0.39, 0.29) is 12.5 Å². The Bertz CT molecular complexity index is 716. The second-order valence-electron chi connectivity index (χ2n) is 5.96. The van der Waals surface area contributed by atoms with Crippen LogP contribution < -0.4 is 9.62 Å². The van der Waals surface area contributed by atoms with Gasteiger partial charge in [-0.1, -0.05) is 33.6 Å². The van der Waals surface area contributed by atoms with E-state index in [0.717, 1.165) is 34.3 Å². The summed E-state index contributed by atoms with van der Waals surface area (Å²) in [4.78, 5) is 12.2. The van der Waals surface area contributed by atoms with E-state index in [0.29, 0.717) is 12.2 Å². The van der Waals surface area contributed by atoms with E-state index >= 15 is 0 Å². The Hall–Kier alpha value is -1.34. The molecule has 1 aromatic rings. The summed E-state index contributed by atoms with van der Waals surface area (Å²) >= 11 is 3.32. The molecule has 0 bridgehead atoms. The predicted molar refractivity (Wildman–Crippen MR) is 101 cm³/mol. The van der Waals surface area contributed by atoms with Gasteiger partial charge in [-0.3, -0.25) is 9.10 Å². The first-order valence-corrected chi connectivity index (χ1v) is 10.7. The summed E-state index contributed by atoms with van der Waals surface area (Å²) in [7, 11) is -3.54. The number of carbonyl (C=O) groups is 1. The number of nitrogens with one attached hydrogen (secondary N) is 1. The zero-order chi connectivity index (χ0) is 17.6. The van der Waals surface area contributed by atoms with Crippen molar-refractivity contribution in [3.8, 4) is 0 Å². The third kappa shape index (κ3) is 5.94. The van der Waals surface area contributed by atoms with Crippen LogP contribution in [0.1, 0.15) is 32.1 Å². The fourth-order valence-electron chi connectivity index (χ4n) is 2.71. The Kier molecular flexibility index (Phi) is 6.86. The highest BCUT2D eigenvalue weighted by atomic mass is 79.9. The van der Waals surface area contributed by atoms with E-state index in [2.05, 4.69) is 27.3 Å². The lowest BCUT2D eigenvalue weighted by Gasteiger charge is -2.22. The molecule has 1 N–H and O–H groups in total. The molecule has 0 spiro atoms. The first-order chi connectivity index (χ1) is 11.4. The maximum absolute atomic E-state index is 12.2. The third-order valence-electron chi connectivity index (χ3n) is 3.94. The number of anilines is 1. The van der Waals surface area contributed by atoms with Crippen molar-refractivity contribution in [1.82, 2.24) is 5.32 Å². The van der Waals surface area contributed by atoms with E-state index in [4.69, 9.17) is 0 Å². The Morgan fingerprint density at radius 2 is 2.12 bits per heavy atom. The highest BCUT2D eigenvalue weighted by Gasteiger charge is 2.20. The fraction of sp³-hybridized carbons (Fsp3) is 0.471. The van der Waals surface area contributed by atoms with Gasteiger partial charge in [0.05, 0.1) is 11.9 Å². The predicted octanol–water partition coefficient (Wildman–Crippen LogP) is 3.22. The van der Waals surface area contributed by atoms with Crippen molar-refractivity contribution >= 4 is 37.5 Å². The van der Waals surface area contributed by atoms with Crippen molar-refractivity contribution in [1.29, 1.82) is 0 Å². The third-order valence-corrected chi connectivity index (χ3v) is 5.57. The van der Waals surface area contributed by atoms with Crippen LogP contribution in [0, 0.1) is 0 Å². The van der Waals surface area contributed by atoms with Gasteiger partial charge >= 0.3 is 0 Å². The lowest BCUT2D eigenvalue weighted by molar-refractivity contribution is -0.119. The van der Waals surface area contributed by atoms with Gasteiger partial charge in [-0.25, -0.2) is 8.42 Å². The number of hydrogen-bond donors (Lipinski definition) is 1. The normalized spacial score (nSPS) is 14.8. The molecule has 0 fully saturated rings. The van der Waals surface area contributed by atoms with Crippen LogP contribution in [-0.2, 0) is 14.8 Å². The van der Waals surface area contributed by atoms with Crippen molar-refractivity contribution in [3.63, 3.8) is 0 Å². The molecule has 1 aliphatic carbocycles. The monoisotopic (exact) mass is 414 g/mol. The number of carbonyl (C=O) groups excluding carboxylic acids is 1. The summed E-state index contributed by atoms with van der Waals surface area (Å²) in [5.74, 6) is -0.295. The van der Waals surface area contributed by atoms with E-state index in [1.807, 2.05) is 6.07 Å². The molecule has 0 unspecified atom stereocenters. The van der Waals surface area contributed by atoms with Crippen LogP contribution in [0.25, 0.3) is 0 Å². The summed E-state index contributed by atoms with van der Waals surface area (Å²) in [6, 6.07) is 6.90. The van der Waals surface area contributed by atoms with E-state index in [1.165, 1.54) is 18.4 Å². The van der Waals surface area contributed by atoms with Gasteiger partial charge in [-0.2, -0.15) is 0 Å². The summed E-state index contributed by atoms with van der Waals surface area (Å²) in [5, 5.41) is 2.82. The van der Waals surface area contributed by atoms with Crippen molar-refractivity contribution in [2.45, 2.75) is 32.1 Å². The number of benzene rings is 1. The molecule has 24 heavy (non-hydrogen) atoms. The SMILES string of the molecule is CS(=O)(=O)N(CC(=O)NCCC1=CCCCC1)c1cccc(Br)c1. The van der Waals surface area contributed by atoms with Gasteiger partial charge in [-0.05, 0) is 50.3 Å². The molecule has 1 amide bonds. The number of nitrogens with zero attached hydrogens (tertiary/aromatic N) is 1. The Morgan fingerprint density at radius 3 is 2.75 bits per heavy atom.